The highest BCUT2D eigenvalue weighted by Gasteiger charge is 2.28. The van der Waals surface area contributed by atoms with E-state index in [4.69, 9.17) is 4.74 Å². The number of hydrogen-bond acceptors (Lipinski definition) is 4. The first-order valence-electron chi connectivity index (χ1n) is 6.61. The second-order valence-electron chi connectivity index (χ2n) is 5.02. The van der Waals surface area contributed by atoms with Crippen LogP contribution in [-0.4, -0.2) is 39.0 Å². The van der Waals surface area contributed by atoms with E-state index in [1.807, 2.05) is 24.3 Å². The molecule has 1 heterocycles. The Morgan fingerprint density at radius 1 is 1.45 bits per heavy atom. The molecule has 1 aromatic rings. The fourth-order valence-corrected chi connectivity index (χ4v) is 3.97. The van der Waals surface area contributed by atoms with Gasteiger partial charge in [-0.15, -0.1) is 0 Å². The molecule has 2 rings (SSSR count). The monoisotopic (exact) mass is 297 g/mol. The maximum absolute atomic E-state index is 11.8. The minimum absolute atomic E-state index is 0.0674. The van der Waals surface area contributed by atoms with Gasteiger partial charge in [0.2, 0.25) is 5.91 Å². The van der Waals surface area contributed by atoms with Gasteiger partial charge < -0.3 is 10.1 Å². The number of benzene rings is 1. The fraction of sp³-hybridized carbons (Fsp3) is 0.500. The van der Waals surface area contributed by atoms with Crippen LogP contribution in [0.4, 0.5) is 0 Å². The zero-order chi connectivity index (χ0) is 14.6. The van der Waals surface area contributed by atoms with Gasteiger partial charge in [0.1, 0.15) is 5.75 Å². The highest BCUT2D eigenvalue weighted by molar-refractivity contribution is 7.91. The molecular weight excluding hydrogens is 278 g/mol. The van der Waals surface area contributed by atoms with E-state index in [-0.39, 0.29) is 23.5 Å². The largest absolute Gasteiger partial charge is 0.497 e. The van der Waals surface area contributed by atoms with Crippen molar-refractivity contribution in [1.82, 2.24) is 5.32 Å². The summed E-state index contributed by atoms with van der Waals surface area (Å²) < 4.78 is 27.7. The summed E-state index contributed by atoms with van der Waals surface area (Å²) in [6.45, 7) is 0. The van der Waals surface area contributed by atoms with E-state index in [9.17, 15) is 13.2 Å². The molecule has 0 saturated carbocycles. The van der Waals surface area contributed by atoms with Gasteiger partial charge in [-0.25, -0.2) is 8.42 Å². The van der Waals surface area contributed by atoms with Gasteiger partial charge in [-0.3, -0.25) is 4.79 Å². The molecule has 1 amide bonds. The molecule has 0 spiro atoms. The van der Waals surface area contributed by atoms with Crippen molar-refractivity contribution in [3.63, 3.8) is 0 Å². The molecule has 1 aliphatic rings. The van der Waals surface area contributed by atoms with Crippen LogP contribution in [0.5, 0.6) is 5.75 Å². The van der Waals surface area contributed by atoms with Gasteiger partial charge in [-0.1, -0.05) is 12.1 Å². The van der Waals surface area contributed by atoms with Crippen LogP contribution in [0.1, 0.15) is 18.4 Å². The highest BCUT2D eigenvalue weighted by atomic mass is 32.2. The molecule has 1 atom stereocenters. The Balaban J connectivity index is 1.80. The number of methoxy groups -OCH3 is 1. The van der Waals surface area contributed by atoms with E-state index in [2.05, 4.69) is 5.32 Å². The van der Waals surface area contributed by atoms with Crippen LogP contribution in [0.15, 0.2) is 24.3 Å². The van der Waals surface area contributed by atoms with Crippen LogP contribution in [0.25, 0.3) is 0 Å². The summed E-state index contributed by atoms with van der Waals surface area (Å²) in [5.74, 6) is 0.908. The maximum Gasteiger partial charge on any atom is 0.220 e. The van der Waals surface area contributed by atoms with Crippen molar-refractivity contribution < 1.29 is 17.9 Å². The molecule has 1 saturated heterocycles. The van der Waals surface area contributed by atoms with Crippen molar-refractivity contribution in [1.29, 1.82) is 0 Å². The van der Waals surface area contributed by atoms with Gasteiger partial charge in [0, 0.05) is 12.5 Å². The molecular formula is C14H19NO4S. The second-order valence-corrected chi connectivity index (χ2v) is 7.25. The van der Waals surface area contributed by atoms with Crippen LogP contribution in [-0.2, 0) is 21.1 Å². The predicted molar refractivity (Wildman–Crippen MR) is 76.5 cm³/mol. The number of sulfone groups is 1. The van der Waals surface area contributed by atoms with Gasteiger partial charge in [-0.05, 0) is 30.5 Å². The van der Waals surface area contributed by atoms with Gasteiger partial charge in [-0.2, -0.15) is 0 Å². The minimum atomic E-state index is -2.95. The van der Waals surface area contributed by atoms with E-state index < -0.39 is 9.84 Å². The molecule has 0 unspecified atom stereocenters. The Morgan fingerprint density at radius 2 is 2.25 bits per heavy atom. The van der Waals surface area contributed by atoms with E-state index in [1.54, 1.807) is 7.11 Å². The van der Waals surface area contributed by atoms with E-state index >= 15 is 0 Å². The molecule has 6 heteroatoms. The number of aryl methyl sites for hydroxylation is 1. The number of rotatable bonds is 5. The molecule has 1 aliphatic heterocycles. The van der Waals surface area contributed by atoms with E-state index in [0.29, 0.717) is 19.3 Å². The standard InChI is InChI=1S/C14H19NO4S/c1-19-13-4-2-3-11(9-13)5-6-14(16)15-12-7-8-20(17,18)10-12/h2-4,9,12H,5-8,10H2,1H3,(H,15,16)/t12-/m0/s1. The smallest absolute Gasteiger partial charge is 0.220 e. The van der Waals surface area contributed by atoms with Crippen LogP contribution < -0.4 is 10.1 Å². The van der Waals surface area contributed by atoms with E-state index in [0.717, 1.165) is 11.3 Å². The number of hydrogen-bond donors (Lipinski definition) is 1. The number of amides is 1. The maximum atomic E-state index is 11.8. The van der Waals surface area contributed by atoms with Gasteiger partial charge in [0.25, 0.3) is 0 Å². The first-order chi connectivity index (χ1) is 9.48. The lowest BCUT2D eigenvalue weighted by atomic mass is 10.1. The molecule has 0 aromatic heterocycles. The normalized spacial score (nSPS) is 20.6. The molecule has 20 heavy (non-hydrogen) atoms. The van der Waals surface area contributed by atoms with Gasteiger partial charge >= 0.3 is 0 Å². The van der Waals surface area contributed by atoms with Crippen LogP contribution in [0, 0.1) is 0 Å². The molecule has 1 N–H and O–H groups in total. The Morgan fingerprint density at radius 3 is 2.90 bits per heavy atom. The summed E-state index contributed by atoms with van der Waals surface area (Å²) in [5.41, 5.74) is 1.03. The quantitative estimate of drug-likeness (QED) is 0.877. The summed E-state index contributed by atoms with van der Waals surface area (Å²) in [5, 5.41) is 2.78. The Hall–Kier alpha value is -1.56. The lowest BCUT2D eigenvalue weighted by Crippen LogP contribution is -2.35. The number of nitrogens with one attached hydrogen (secondary N) is 1. The molecule has 5 nitrogen and oxygen atoms in total. The second kappa shape index (κ2) is 6.26. The lowest BCUT2D eigenvalue weighted by molar-refractivity contribution is -0.121. The molecule has 0 radical (unpaired) electrons. The van der Waals surface area contributed by atoms with Gasteiger partial charge in [0.15, 0.2) is 9.84 Å². The summed E-state index contributed by atoms with van der Waals surface area (Å²) in [6.07, 6.45) is 1.49. The van der Waals surface area contributed by atoms with Crippen molar-refractivity contribution in [2.45, 2.75) is 25.3 Å². The summed E-state index contributed by atoms with van der Waals surface area (Å²) in [4.78, 5) is 11.8. The Kier molecular flexibility index (Phi) is 4.65. The van der Waals surface area contributed by atoms with Crippen molar-refractivity contribution in [3.8, 4) is 5.75 Å². The summed E-state index contributed by atoms with van der Waals surface area (Å²) >= 11 is 0. The van der Waals surface area contributed by atoms with E-state index in [1.165, 1.54) is 0 Å². The highest BCUT2D eigenvalue weighted by Crippen LogP contribution is 2.15. The SMILES string of the molecule is COc1cccc(CCC(=O)N[C@H]2CCS(=O)(=O)C2)c1. The number of carbonyl (C=O) groups is 1. The van der Waals surface area contributed by atoms with Crippen LogP contribution >= 0.6 is 0 Å². The third-order valence-corrected chi connectivity index (χ3v) is 5.14. The molecule has 110 valence electrons. The minimum Gasteiger partial charge on any atom is -0.497 e. The topological polar surface area (TPSA) is 72.5 Å². The summed E-state index contributed by atoms with van der Waals surface area (Å²) in [6, 6.07) is 7.35. The summed E-state index contributed by atoms with van der Waals surface area (Å²) in [7, 11) is -1.34. The third kappa shape index (κ3) is 4.23. The number of carbonyl (C=O) groups excluding carboxylic acids is 1. The van der Waals surface area contributed by atoms with Crippen molar-refractivity contribution in [3.05, 3.63) is 29.8 Å². The first-order valence-corrected chi connectivity index (χ1v) is 8.43. The molecule has 1 fully saturated rings. The molecule has 1 aromatic carbocycles. The Labute approximate surface area is 119 Å². The molecule has 0 bridgehead atoms. The zero-order valence-electron chi connectivity index (χ0n) is 11.5. The zero-order valence-corrected chi connectivity index (χ0v) is 12.3. The van der Waals surface area contributed by atoms with Crippen molar-refractivity contribution >= 4 is 15.7 Å². The lowest BCUT2D eigenvalue weighted by Gasteiger charge is -2.10. The average molecular weight is 297 g/mol. The number of ether oxygens (including phenoxy) is 1. The van der Waals surface area contributed by atoms with Crippen molar-refractivity contribution in [2.75, 3.05) is 18.6 Å². The van der Waals surface area contributed by atoms with Crippen LogP contribution in [0.2, 0.25) is 0 Å². The first kappa shape index (κ1) is 14.8. The third-order valence-electron chi connectivity index (χ3n) is 3.37. The van der Waals surface area contributed by atoms with Crippen molar-refractivity contribution in [2.24, 2.45) is 0 Å². The Bertz CT molecular complexity index is 583. The fourth-order valence-electron chi connectivity index (χ4n) is 2.29. The molecule has 0 aliphatic carbocycles. The van der Waals surface area contributed by atoms with Crippen LogP contribution in [0.3, 0.4) is 0 Å². The average Bonchev–Trinajstić information content (AvgIpc) is 2.76. The van der Waals surface area contributed by atoms with Gasteiger partial charge in [0.05, 0.1) is 18.6 Å². The predicted octanol–water partition coefficient (Wildman–Crippen LogP) is 0.931.